The summed E-state index contributed by atoms with van der Waals surface area (Å²) in [7, 11) is 0. The van der Waals surface area contributed by atoms with E-state index in [9.17, 15) is 14.9 Å². The number of nitro groups is 1. The normalized spacial score (nSPS) is 9.56. The number of carbonyl (C=O) groups excluding carboxylic acids is 1. The van der Waals surface area contributed by atoms with Gasteiger partial charge in [-0.3, -0.25) is 15.4 Å². The number of amides is 1. The molecule has 3 N–H and O–H groups in total. The summed E-state index contributed by atoms with van der Waals surface area (Å²) in [5.41, 5.74) is 5.57. The van der Waals surface area contributed by atoms with Crippen LogP contribution in [0.3, 0.4) is 0 Å². The van der Waals surface area contributed by atoms with Crippen LogP contribution in [0.1, 0.15) is 6.92 Å². The van der Waals surface area contributed by atoms with E-state index in [1.165, 1.54) is 18.2 Å². The predicted octanol–water partition coefficient (Wildman–Crippen LogP) is 1.75. The molecule has 0 aromatic heterocycles. The van der Waals surface area contributed by atoms with Gasteiger partial charge in [-0.2, -0.15) is 0 Å². The smallest absolute Gasteiger partial charge is 0.411 e. The van der Waals surface area contributed by atoms with Gasteiger partial charge < -0.3 is 10.5 Å². The molecule has 0 spiro atoms. The van der Waals surface area contributed by atoms with Crippen LogP contribution in [0.4, 0.5) is 21.9 Å². The summed E-state index contributed by atoms with van der Waals surface area (Å²) in [6, 6.07) is 3.90. The summed E-state index contributed by atoms with van der Waals surface area (Å²) in [6.45, 7) is 1.91. The Morgan fingerprint density at radius 3 is 2.81 bits per heavy atom. The highest BCUT2D eigenvalue weighted by atomic mass is 16.6. The highest BCUT2D eigenvalue weighted by molar-refractivity contribution is 5.86. The van der Waals surface area contributed by atoms with Crippen LogP contribution in [-0.4, -0.2) is 17.6 Å². The van der Waals surface area contributed by atoms with Crippen molar-refractivity contribution in [1.82, 2.24) is 0 Å². The lowest BCUT2D eigenvalue weighted by molar-refractivity contribution is -0.383. The molecule has 86 valence electrons. The molecule has 1 amide bonds. The summed E-state index contributed by atoms with van der Waals surface area (Å²) in [5, 5.41) is 12.9. The Balaban J connectivity index is 2.81. The third-order valence-electron chi connectivity index (χ3n) is 1.75. The summed E-state index contributed by atoms with van der Waals surface area (Å²) >= 11 is 0. The Morgan fingerprint density at radius 1 is 1.62 bits per heavy atom. The standard InChI is InChI=1S/C9H11N3O4/c1-2-16-9(13)11-6-3-4-8(12(14)15)7(10)5-6/h3-5H,2,10H2,1H3,(H,11,13). The third-order valence-corrected chi connectivity index (χ3v) is 1.75. The summed E-state index contributed by atoms with van der Waals surface area (Å²) in [4.78, 5) is 20.9. The first-order valence-electron chi connectivity index (χ1n) is 4.52. The van der Waals surface area contributed by atoms with Crippen molar-refractivity contribution in [2.75, 3.05) is 17.7 Å². The molecular weight excluding hydrogens is 214 g/mol. The van der Waals surface area contributed by atoms with Crippen LogP contribution in [0.25, 0.3) is 0 Å². The first-order chi connectivity index (χ1) is 7.54. The van der Waals surface area contributed by atoms with Crippen LogP contribution in [0, 0.1) is 10.1 Å². The highest BCUT2D eigenvalue weighted by Crippen LogP contribution is 2.24. The fourth-order valence-corrected chi connectivity index (χ4v) is 1.08. The maximum Gasteiger partial charge on any atom is 0.411 e. The summed E-state index contributed by atoms with van der Waals surface area (Å²) in [5.74, 6) is 0. The van der Waals surface area contributed by atoms with E-state index in [0.717, 1.165) is 0 Å². The zero-order chi connectivity index (χ0) is 12.1. The largest absolute Gasteiger partial charge is 0.450 e. The van der Waals surface area contributed by atoms with Crippen molar-refractivity contribution >= 4 is 23.2 Å². The molecule has 1 aromatic rings. The molecule has 0 saturated carbocycles. The van der Waals surface area contributed by atoms with Gasteiger partial charge in [0.05, 0.1) is 11.5 Å². The van der Waals surface area contributed by atoms with Crippen LogP contribution in [0.2, 0.25) is 0 Å². The second-order valence-electron chi connectivity index (χ2n) is 2.88. The lowest BCUT2D eigenvalue weighted by atomic mass is 10.2. The Hall–Kier alpha value is -2.31. The molecule has 1 aromatic carbocycles. The quantitative estimate of drug-likeness (QED) is 0.462. The minimum absolute atomic E-state index is 0.0145. The molecule has 0 aliphatic heterocycles. The van der Waals surface area contributed by atoms with Gasteiger partial charge in [-0.15, -0.1) is 0 Å². The number of rotatable bonds is 3. The number of nitrogen functional groups attached to an aromatic ring is 1. The van der Waals surface area contributed by atoms with Crippen molar-refractivity contribution in [2.45, 2.75) is 6.92 Å². The minimum Gasteiger partial charge on any atom is -0.450 e. The van der Waals surface area contributed by atoms with E-state index < -0.39 is 11.0 Å². The Bertz CT molecular complexity index is 419. The molecule has 0 aliphatic carbocycles. The fourth-order valence-electron chi connectivity index (χ4n) is 1.08. The first kappa shape index (κ1) is 11.8. The summed E-state index contributed by atoms with van der Waals surface area (Å²) in [6.07, 6.45) is -0.629. The monoisotopic (exact) mass is 225 g/mol. The number of carbonyl (C=O) groups is 1. The van der Waals surface area contributed by atoms with Crippen molar-refractivity contribution in [3.8, 4) is 0 Å². The number of nitrogens with one attached hydrogen (secondary N) is 1. The molecule has 1 rings (SSSR count). The Labute approximate surface area is 91.3 Å². The number of anilines is 2. The van der Waals surface area contributed by atoms with E-state index in [1.807, 2.05) is 0 Å². The zero-order valence-electron chi connectivity index (χ0n) is 8.60. The topological polar surface area (TPSA) is 107 Å². The molecule has 7 nitrogen and oxygen atoms in total. The third kappa shape index (κ3) is 2.84. The molecule has 0 fully saturated rings. The van der Waals surface area contributed by atoms with Crippen molar-refractivity contribution in [3.63, 3.8) is 0 Å². The number of hydrogen-bond acceptors (Lipinski definition) is 5. The van der Waals surface area contributed by atoms with E-state index in [2.05, 4.69) is 10.1 Å². The van der Waals surface area contributed by atoms with Crippen LogP contribution >= 0.6 is 0 Å². The molecule has 16 heavy (non-hydrogen) atoms. The van der Waals surface area contributed by atoms with Gasteiger partial charge in [-0.1, -0.05) is 0 Å². The van der Waals surface area contributed by atoms with Gasteiger partial charge in [0.15, 0.2) is 0 Å². The van der Waals surface area contributed by atoms with Gasteiger partial charge in [0.2, 0.25) is 0 Å². The number of nitro benzene ring substituents is 1. The second kappa shape index (κ2) is 4.96. The lowest BCUT2D eigenvalue weighted by Gasteiger charge is -2.05. The second-order valence-corrected chi connectivity index (χ2v) is 2.88. The van der Waals surface area contributed by atoms with Crippen LogP contribution < -0.4 is 11.1 Å². The van der Waals surface area contributed by atoms with Crippen molar-refractivity contribution in [1.29, 1.82) is 0 Å². The number of hydrogen-bond donors (Lipinski definition) is 2. The lowest BCUT2D eigenvalue weighted by Crippen LogP contribution is -2.13. The van der Waals surface area contributed by atoms with Gasteiger partial charge >= 0.3 is 6.09 Å². The Kier molecular flexibility index (Phi) is 3.65. The molecule has 0 saturated heterocycles. The fraction of sp³-hybridized carbons (Fsp3) is 0.222. The average molecular weight is 225 g/mol. The number of nitrogens with two attached hydrogens (primary N) is 1. The molecule has 0 heterocycles. The molecule has 7 heteroatoms. The van der Waals surface area contributed by atoms with Gasteiger partial charge in [0, 0.05) is 11.8 Å². The van der Waals surface area contributed by atoms with E-state index >= 15 is 0 Å². The molecule has 0 aliphatic rings. The molecule has 0 bridgehead atoms. The van der Waals surface area contributed by atoms with Gasteiger partial charge in [0.1, 0.15) is 5.69 Å². The van der Waals surface area contributed by atoms with E-state index in [4.69, 9.17) is 5.73 Å². The maximum atomic E-state index is 11.0. The van der Waals surface area contributed by atoms with Gasteiger partial charge in [-0.05, 0) is 19.1 Å². The molecule has 0 atom stereocenters. The highest BCUT2D eigenvalue weighted by Gasteiger charge is 2.12. The molecule has 0 unspecified atom stereocenters. The van der Waals surface area contributed by atoms with Gasteiger partial charge in [-0.25, -0.2) is 4.79 Å². The van der Waals surface area contributed by atoms with Crippen molar-refractivity contribution in [3.05, 3.63) is 28.3 Å². The first-order valence-corrected chi connectivity index (χ1v) is 4.52. The van der Waals surface area contributed by atoms with Crippen LogP contribution in [0.5, 0.6) is 0 Å². The maximum absolute atomic E-state index is 11.0. The average Bonchev–Trinajstić information content (AvgIpc) is 2.17. The SMILES string of the molecule is CCOC(=O)Nc1ccc([N+](=O)[O-])c(N)c1. The van der Waals surface area contributed by atoms with Crippen molar-refractivity contribution in [2.24, 2.45) is 0 Å². The number of ether oxygens (including phenoxy) is 1. The van der Waals surface area contributed by atoms with Crippen LogP contribution in [-0.2, 0) is 4.74 Å². The Morgan fingerprint density at radius 2 is 2.31 bits per heavy atom. The predicted molar refractivity (Wildman–Crippen MR) is 58.2 cm³/mol. The van der Waals surface area contributed by atoms with E-state index in [1.54, 1.807) is 6.92 Å². The molecule has 0 radical (unpaired) electrons. The van der Waals surface area contributed by atoms with Gasteiger partial charge in [0.25, 0.3) is 5.69 Å². The van der Waals surface area contributed by atoms with Crippen molar-refractivity contribution < 1.29 is 14.5 Å². The minimum atomic E-state index is -0.629. The van der Waals surface area contributed by atoms with Crippen LogP contribution in [0.15, 0.2) is 18.2 Å². The van der Waals surface area contributed by atoms with E-state index in [-0.39, 0.29) is 18.0 Å². The number of nitrogens with zero attached hydrogens (tertiary/aromatic N) is 1. The van der Waals surface area contributed by atoms with E-state index in [0.29, 0.717) is 5.69 Å². The zero-order valence-corrected chi connectivity index (χ0v) is 8.60. The molecular formula is C9H11N3O4. The summed E-state index contributed by atoms with van der Waals surface area (Å²) < 4.78 is 4.64. The number of benzene rings is 1.